The molecule has 0 N–H and O–H groups in total. The van der Waals surface area contributed by atoms with Gasteiger partial charge >= 0.3 is 0 Å². The molecule has 0 saturated heterocycles. The summed E-state index contributed by atoms with van der Waals surface area (Å²) in [5, 5.41) is 8.76. The molecule has 1 heterocycles. The molecule has 2 aromatic rings. The van der Waals surface area contributed by atoms with Crippen LogP contribution < -0.4 is 0 Å². The number of rotatable bonds is 1. The van der Waals surface area contributed by atoms with Gasteiger partial charge in [-0.25, -0.2) is 9.97 Å². The SMILES string of the molecule is Cc1ccc(C)c(-c2ccnc(C#N)n2)c1. The summed E-state index contributed by atoms with van der Waals surface area (Å²) in [5.74, 6) is 0.207. The van der Waals surface area contributed by atoms with Gasteiger partial charge in [-0.3, -0.25) is 0 Å². The minimum Gasteiger partial charge on any atom is -0.227 e. The summed E-state index contributed by atoms with van der Waals surface area (Å²) in [6.07, 6.45) is 1.61. The third-order valence-corrected chi connectivity index (χ3v) is 2.42. The van der Waals surface area contributed by atoms with Gasteiger partial charge in [-0.2, -0.15) is 5.26 Å². The van der Waals surface area contributed by atoms with Gasteiger partial charge in [0, 0.05) is 11.8 Å². The van der Waals surface area contributed by atoms with Crippen molar-refractivity contribution in [1.82, 2.24) is 9.97 Å². The standard InChI is InChI=1S/C13H11N3/c1-9-3-4-10(2)11(7-9)12-5-6-15-13(8-14)16-12/h3-7H,1-2H3. The molecule has 16 heavy (non-hydrogen) atoms. The third-order valence-electron chi connectivity index (χ3n) is 2.42. The highest BCUT2D eigenvalue weighted by atomic mass is 14.9. The normalized spacial score (nSPS) is 9.81. The molecule has 0 aliphatic rings. The first-order valence-corrected chi connectivity index (χ1v) is 5.01. The Morgan fingerprint density at radius 1 is 1.19 bits per heavy atom. The lowest BCUT2D eigenvalue weighted by Gasteiger charge is -2.06. The highest BCUT2D eigenvalue weighted by Crippen LogP contribution is 2.22. The highest BCUT2D eigenvalue weighted by molar-refractivity contribution is 5.64. The van der Waals surface area contributed by atoms with Crippen LogP contribution in [0, 0.1) is 25.2 Å². The Bertz CT molecular complexity index is 568. The van der Waals surface area contributed by atoms with Crippen molar-refractivity contribution in [3.05, 3.63) is 47.4 Å². The van der Waals surface area contributed by atoms with Crippen molar-refractivity contribution in [2.75, 3.05) is 0 Å². The van der Waals surface area contributed by atoms with Crippen LogP contribution in [0.25, 0.3) is 11.3 Å². The number of nitrogens with zero attached hydrogens (tertiary/aromatic N) is 3. The zero-order valence-electron chi connectivity index (χ0n) is 9.23. The maximum Gasteiger partial charge on any atom is 0.232 e. The van der Waals surface area contributed by atoms with Crippen LogP contribution in [0.15, 0.2) is 30.5 Å². The lowest BCUT2D eigenvalue weighted by atomic mass is 10.0. The second kappa shape index (κ2) is 4.11. The zero-order chi connectivity index (χ0) is 11.5. The second-order valence-electron chi connectivity index (χ2n) is 3.70. The Morgan fingerprint density at radius 3 is 2.75 bits per heavy atom. The maximum atomic E-state index is 8.76. The fraction of sp³-hybridized carbons (Fsp3) is 0.154. The molecule has 0 radical (unpaired) electrons. The molecule has 0 saturated carbocycles. The molecule has 0 spiro atoms. The summed E-state index contributed by atoms with van der Waals surface area (Å²) in [6, 6.07) is 9.95. The number of benzene rings is 1. The fourth-order valence-electron chi connectivity index (χ4n) is 1.57. The number of aromatic nitrogens is 2. The average molecular weight is 209 g/mol. The summed E-state index contributed by atoms with van der Waals surface area (Å²) < 4.78 is 0. The van der Waals surface area contributed by atoms with Gasteiger partial charge in [-0.15, -0.1) is 0 Å². The van der Waals surface area contributed by atoms with Crippen molar-refractivity contribution in [2.24, 2.45) is 0 Å². The first-order valence-electron chi connectivity index (χ1n) is 5.01. The van der Waals surface area contributed by atoms with Gasteiger partial charge in [0.05, 0.1) is 5.69 Å². The van der Waals surface area contributed by atoms with Gasteiger partial charge in [0.25, 0.3) is 0 Å². The Hall–Kier alpha value is -2.21. The number of hydrogen-bond donors (Lipinski definition) is 0. The first-order chi connectivity index (χ1) is 7.70. The van der Waals surface area contributed by atoms with Crippen LogP contribution in [0.4, 0.5) is 0 Å². The van der Waals surface area contributed by atoms with Crippen LogP contribution in [-0.2, 0) is 0 Å². The van der Waals surface area contributed by atoms with Crippen LogP contribution in [0.2, 0.25) is 0 Å². The molecular formula is C13H11N3. The number of nitriles is 1. The molecule has 3 heteroatoms. The number of hydrogen-bond acceptors (Lipinski definition) is 3. The van der Waals surface area contributed by atoms with E-state index in [-0.39, 0.29) is 5.82 Å². The highest BCUT2D eigenvalue weighted by Gasteiger charge is 2.04. The van der Waals surface area contributed by atoms with Crippen molar-refractivity contribution < 1.29 is 0 Å². The van der Waals surface area contributed by atoms with Crippen molar-refractivity contribution in [1.29, 1.82) is 5.26 Å². The molecular weight excluding hydrogens is 198 g/mol. The van der Waals surface area contributed by atoms with E-state index in [9.17, 15) is 0 Å². The van der Waals surface area contributed by atoms with E-state index in [2.05, 4.69) is 28.2 Å². The Labute approximate surface area is 94.4 Å². The van der Waals surface area contributed by atoms with Crippen LogP contribution in [0.5, 0.6) is 0 Å². The lowest BCUT2D eigenvalue weighted by molar-refractivity contribution is 1.11. The molecule has 78 valence electrons. The quantitative estimate of drug-likeness (QED) is 0.725. The Balaban J connectivity index is 2.58. The summed E-state index contributed by atoms with van der Waals surface area (Å²) in [6.45, 7) is 4.07. The largest absolute Gasteiger partial charge is 0.232 e. The smallest absolute Gasteiger partial charge is 0.227 e. The van der Waals surface area contributed by atoms with Gasteiger partial charge in [0.1, 0.15) is 6.07 Å². The van der Waals surface area contributed by atoms with E-state index in [0.717, 1.165) is 16.8 Å². The Morgan fingerprint density at radius 2 is 2.00 bits per heavy atom. The van der Waals surface area contributed by atoms with E-state index in [1.807, 2.05) is 26.0 Å². The van der Waals surface area contributed by atoms with E-state index >= 15 is 0 Å². The van der Waals surface area contributed by atoms with E-state index in [1.54, 1.807) is 6.20 Å². The predicted molar refractivity (Wildman–Crippen MR) is 61.7 cm³/mol. The summed E-state index contributed by atoms with van der Waals surface area (Å²) in [4.78, 5) is 8.05. The van der Waals surface area contributed by atoms with Crippen LogP contribution in [-0.4, -0.2) is 9.97 Å². The van der Waals surface area contributed by atoms with Gasteiger partial charge in [0.15, 0.2) is 0 Å². The van der Waals surface area contributed by atoms with Crippen LogP contribution in [0.3, 0.4) is 0 Å². The van der Waals surface area contributed by atoms with E-state index in [4.69, 9.17) is 5.26 Å². The molecule has 0 unspecified atom stereocenters. The van der Waals surface area contributed by atoms with Gasteiger partial charge in [-0.1, -0.05) is 17.7 Å². The summed E-state index contributed by atoms with van der Waals surface area (Å²) in [7, 11) is 0. The van der Waals surface area contributed by atoms with Gasteiger partial charge < -0.3 is 0 Å². The fourth-order valence-corrected chi connectivity index (χ4v) is 1.57. The Kier molecular flexibility index (Phi) is 2.65. The lowest BCUT2D eigenvalue weighted by Crippen LogP contribution is -1.93. The van der Waals surface area contributed by atoms with Crippen molar-refractivity contribution in [2.45, 2.75) is 13.8 Å². The van der Waals surface area contributed by atoms with Gasteiger partial charge in [-0.05, 0) is 31.5 Å². The van der Waals surface area contributed by atoms with Crippen molar-refractivity contribution in [3.8, 4) is 17.3 Å². The van der Waals surface area contributed by atoms with E-state index < -0.39 is 0 Å². The average Bonchev–Trinajstić information content (AvgIpc) is 2.32. The molecule has 1 aromatic heterocycles. The first kappa shape index (κ1) is 10.3. The molecule has 0 aliphatic heterocycles. The third kappa shape index (κ3) is 1.91. The monoisotopic (exact) mass is 209 g/mol. The molecule has 2 rings (SSSR count). The van der Waals surface area contributed by atoms with Crippen molar-refractivity contribution >= 4 is 0 Å². The van der Waals surface area contributed by atoms with Gasteiger partial charge in [0.2, 0.25) is 5.82 Å². The number of aryl methyl sites for hydroxylation is 2. The topological polar surface area (TPSA) is 49.6 Å². The summed E-state index contributed by atoms with van der Waals surface area (Å²) >= 11 is 0. The maximum absolute atomic E-state index is 8.76. The molecule has 0 amide bonds. The minimum atomic E-state index is 0.207. The molecule has 0 atom stereocenters. The molecule has 0 fully saturated rings. The van der Waals surface area contributed by atoms with E-state index in [1.165, 1.54) is 5.56 Å². The molecule has 1 aromatic carbocycles. The summed E-state index contributed by atoms with van der Waals surface area (Å²) in [5.41, 5.74) is 4.18. The molecule has 0 aliphatic carbocycles. The second-order valence-corrected chi connectivity index (χ2v) is 3.70. The van der Waals surface area contributed by atoms with Crippen LogP contribution >= 0.6 is 0 Å². The predicted octanol–water partition coefficient (Wildman–Crippen LogP) is 2.63. The van der Waals surface area contributed by atoms with E-state index in [0.29, 0.717) is 0 Å². The minimum absolute atomic E-state index is 0.207. The molecule has 3 nitrogen and oxygen atoms in total. The van der Waals surface area contributed by atoms with Crippen LogP contribution in [0.1, 0.15) is 17.0 Å². The molecule has 0 bridgehead atoms. The van der Waals surface area contributed by atoms with Crippen molar-refractivity contribution in [3.63, 3.8) is 0 Å². The zero-order valence-corrected chi connectivity index (χ0v) is 9.23.